The summed E-state index contributed by atoms with van der Waals surface area (Å²) in [5, 5.41) is 2.37. The van der Waals surface area contributed by atoms with Crippen molar-refractivity contribution in [2.24, 2.45) is 0 Å². The van der Waals surface area contributed by atoms with E-state index in [0.29, 0.717) is 17.2 Å². The van der Waals surface area contributed by atoms with Gasteiger partial charge in [0.15, 0.2) is 11.6 Å². The first kappa shape index (κ1) is 24.8. The molecule has 0 N–H and O–H groups in total. The van der Waals surface area contributed by atoms with Gasteiger partial charge < -0.3 is 0 Å². The normalized spacial score (nSPS) is 11.3. The third kappa shape index (κ3) is 4.51. The van der Waals surface area contributed by atoms with Crippen LogP contribution >= 0.6 is 0 Å². The summed E-state index contributed by atoms with van der Waals surface area (Å²) in [5.41, 5.74) is 8.28. The number of pyridine rings is 1. The van der Waals surface area contributed by atoms with Crippen molar-refractivity contribution in [2.75, 3.05) is 0 Å². The molecule has 202 valence electrons. The van der Waals surface area contributed by atoms with Crippen LogP contribution in [-0.2, 0) is 0 Å². The Morgan fingerprint density at radius 2 is 1.05 bits per heavy atom. The van der Waals surface area contributed by atoms with Gasteiger partial charge in [0, 0.05) is 33.7 Å². The summed E-state index contributed by atoms with van der Waals surface area (Å²) >= 11 is 0. The fraction of sp³-hybridized carbons (Fsp3) is 0. The molecule has 0 aliphatic carbocycles. The van der Waals surface area contributed by atoms with Gasteiger partial charge in [0.05, 0.1) is 40.5 Å². The maximum absolute atomic E-state index is 4.95. The number of aromatic nitrogens is 6. The van der Waals surface area contributed by atoms with Gasteiger partial charge >= 0.3 is 0 Å². The SMILES string of the molecule is c1ccc(-c2nc(-c3ccc(-c4ccccn4)cc3)cc(-c3cnc(-n4c5ccccc5c5ccccc54)cn3)n2)cc1. The Morgan fingerprint density at radius 1 is 0.419 bits per heavy atom. The number of hydrogen-bond acceptors (Lipinski definition) is 5. The van der Waals surface area contributed by atoms with Crippen molar-refractivity contribution < 1.29 is 0 Å². The zero-order valence-corrected chi connectivity index (χ0v) is 23.0. The number of fused-ring (bicyclic) bond motifs is 3. The zero-order chi connectivity index (χ0) is 28.6. The molecular weight excluding hydrogens is 528 g/mol. The average Bonchev–Trinajstić information content (AvgIpc) is 3.43. The Labute approximate surface area is 248 Å². The second-order valence-corrected chi connectivity index (χ2v) is 10.2. The standard InChI is InChI=1S/C37H24N6/c1-2-10-27(11-3-1)37-41-31(26-19-17-25(18-20-26)30-14-8-9-21-38-30)22-32(42-37)33-23-40-36(24-39-33)43-34-15-6-4-12-28(34)29-13-5-7-16-35(29)43/h1-24H. The molecular formula is C37H24N6. The minimum Gasteiger partial charge on any atom is -0.293 e. The van der Waals surface area contributed by atoms with E-state index in [0.717, 1.165) is 44.9 Å². The van der Waals surface area contributed by atoms with Crippen LogP contribution in [0.2, 0.25) is 0 Å². The minimum absolute atomic E-state index is 0.634. The van der Waals surface area contributed by atoms with Crippen molar-refractivity contribution in [3.05, 3.63) is 146 Å². The van der Waals surface area contributed by atoms with Gasteiger partial charge in [0.25, 0.3) is 0 Å². The number of para-hydroxylation sites is 2. The highest BCUT2D eigenvalue weighted by atomic mass is 15.1. The van der Waals surface area contributed by atoms with Crippen molar-refractivity contribution >= 4 is 21.8 Å². The summed E-state index contributed by atoms with van der Waals surface area (Å²) in [7, 11) is 0. The van der Waals surface area contributed by atoms with Crippen molar-refractivity contribution in [2.45, 2.75) is 0 Å². The fourth-order valence-electron chi connectivity index (χ4n) is 5.53. The van der Waals surface area contributed by atoms with Crippen LogP contribution in [0.25, 0.3) is 72.9 Å². The van der Waals surface area contributed by atoms with Crippen LogP contribution in [0.1, 0.15) is 0 Å². The van der Waals surface area contributed by atoms with Crippen LogP contribution in [0.4, 0.5) is 0 Å². The lowest BCUT2D eigenvalue weighted by Gasteiger charge is -2.10. The summed E-state index contributed by atoms with van der Waals surface area (Å²) in [4.78, 5) is 24.1. The van der Waals surface area contributed by atoms with E-state index in [-0.39, 0.29) is 0 Å². The quantitative estimate of drug-likeness (QED) is 0.214. The Bertz CT molecular complexity index is 2150. The Balaban J connectivity index is 1.22. The molecule has 6 heteroatoms. The van der Waals surface area contributed by atoms with E-state index in [9.17, 15) is 0 Å². The smallest absolute Gasteiger partial charge is 0.160 e. The van der Waals surface area contributed by atoms with E-state index in [4.69, 9.17) is 19.9 Å². The molecule has 6 nitrogen and oxygen atoms in total. The van der Waals surface area contributed by atoms with Crippen molar-refractivity contribution in [3.63, 3.8) is 0 Å². The third-order valence-corrected chi connectivity index (χ3v) is 7.61. The van der Waals surface area contributed by atoms with Gasteiger partial charge in [-0.25, -0.2) is 19.9 Å². The Hall–Kier alpha value is -6.01. The van der Waals surface area contributed by atoms with Gasteiger partial charge in [-0.2, -0.15) is 0 Å². The molecule has 0 amide bonds. The van der Waals surface area contributed by atoms with Gasteiger partial charge in [0.2, 0.25) is 0 Å². The molecule has 0 aliphatic heterocycles. The molecule has 8 rings (SSSR count). The van der Waals surface area contributed by atoms with E-state index < -0.39 is 0 Å². The molecule has 43 heavy (non-hydrogen) atoms. The Kier molecular flexibility index (Phi) is 6.01. The van der Waals surface area contributed by atoms with Gasteiger partial charge in [-0.15, -0.1) is 0 Å². The Morgan fingerprint density at radius 3 is 1.70 bits per heavy atom. The van der Waals surface area contributed by atoms with E-state index >= 15 is 0 Å². The first-order valence-corrected chi connectivity index (χ1v) is 14.1. The third-order valence-electron chi connectivity index (χ3n) is 7.61. The van der Waals surface area contributed by atoms with Gasteiger partial charge in [-0.3, -0.25) is 9.55 Å². The van der Waals surface area contributed by atoms with E-state index in [1.165, 1.54) is 10.8 Å². The average molecular weight is 553 g/mol. The second kappa shape index (κ2) is 10.4. The highest BCUT2D eigenvalue weighted by molar-refractivity contribution is 6.09. The van der Waals surface area contributed by atoms with E-state index in [1.807, 2.05) is 60.8 Å². The molecule has 0 spiro atoms. The van der Waals surface area contributed by atoms with Crippen LogP contribution in [0.5, 0.6) is 0 Å². The molecule has 0 aliphatic rings. The lowest BCUT2D eigenvalue weighted by molar-refractivity contribution is 1.04. The van der Waals surface area contributed by atoms with E-state index in [2.05, 4.69) is 82.3 Å². The molecule has 0 saturated carbocycles. The van der Waals surface area contributed by atoms with Crippen LogP contribution in [0.3, 0.4) is 0 Å². The van der Waals surface area contributed by atoms with Crippen LogP contribution in [0, 0.1) is 0 Å². The molecule has 4 aromatic carbocycles. The molecule has 4 aromatic heterocycles. The first-order valence-electron chi connectivity index (χ1n) is 14.1. The zero-order valence-electron chi connectivity index (χ0n) is 23.0. The van der Waals surface area contributed by atoms with Gasteiger partial charge in [0.1, 0.15) is 5.69 Å². The molecule has 0 bridgehead atoms. The summed E-state index contributed by atoms with van der Waals surface area (Å²) in [6.45, 7) is 0. The topological polar surface area (TPSA) is 69.4 Å². The molecule has 0 unspecified atom stereocenters. The van der Waals surface area contributed by atoms with Crippen molar-refractivity contribution in [1.29, 1.82) is 0 Å². The summed E-state index contributed by atoms with van der Waals surface area (Å²) in [5.74, 6) is 1.39. The fourth-order valence-corrected chi connectivity index (χ4v) is 5.53. The molecule has 0 saturated heterocycles. The number of rotatable bonds is 5. The van der Waals surface area contributed by atoms with Crippen molar-refractivity contribution in [1.82, 2.24) is 29.5 Å². The lowest BCUT2D eigenvalue weighted by atomic mass is 10.0. The molecule has 8 aromatic rings. The van der Waals surface area contributed by atoms with Gasteiger partial charge in [-0.05, 0) is 30.3 Å². The highest BCUT2D eigenvalue weighted by Crippen LogP contribution is 2.32. The van der Waals surface area contributed by atoms with Crippen LogP contribution < -0.4 is 0 Å². The monoisotopic (exact) mass is 552 g/mol. The van der Waals surface area contributed by atoms with Crippen molar-refractivity contribution in [3.8, 4) is 51.1 Å². The molecule has 0 atom stereocenters. The molecule has 4 heterocycles. The predicted octanol–water partition coefficient (Wildman–Crippen LogP) is 8.43. The maximum Gasteiger partial charge on any atom is 0.160 e. The van der Waals surface area contributed by atoms with E-state index in [1.54, 1.807) is 12.4 Å². The number of nitrogens with zero attached hydrogens (tertiary/aromatic N) is 6. The predicted molar refractivity (Wildman–Crippen MR) is 171 cm³/mol. The maximum atomic E-state index is 4.95. The lowest BCUT2D eigenvalue weighted by Crippen LogP contribution is -2.01. The number of hydrogen-bond donors (Lipinski definition) is 0. The first-order chi connectivity index (χ1) is 21.3. The summed E-state index contributed by atoms with van der Waals surface area (Å²) in [6, 6.07) is 43.0. The van der Waals surface area contributed by atoms with Crippen LogP contribution in [0.15, 0.2) is 146 Å². The molecule has 0 fully saturated rings. The summed E-state index contributed by atoms with van der Waals surface area (Å²) in [6.07, 6.45) is 5.42. The summed E-state index contributed by atoms with van der Waals surface area (Å²) < 4.78 is 2.16. The van der Waals surface area contributed by atoms with Gasteiger partial charge in [-0.1, -0.05) is 97.1 Å². The minimum atomic E-state index is 0.634. The second-order valence-electron chi connectivity index (χ2n) is 10.2. The highest BCUT2D eigenvalue weighted by Gasteiger charge is 2.15. The van der Waals surface area contributed by atoms with Crippen LogP contribution in [-0.4, -0.2) is 29.5 Å². The molecule has 0 radical (unpaired) electrons. The number of benzene rings is 4. The largest absolute Gasteiger partial charge is 0.293 e.